The van der Waals surface area contributed by atoms with Crippen LogP contribution in [0, 0.1) is 5.92 Å². The van der Waals surface area contributed by atoms with E-state index in [0.717, 1.165) is 18.8 Å². The van der Waals surface area contributed by atoms with Gasteiger partial charge in [-0.15, -0.1) is 0 Å². The summed E-state index contributed by atoms with van der Waals surface area (Å²) in [5.74, 6) is 6.80. The largest absolute Gasteiger partial charge is 0.332 e. The van der Waals surface area contributed by atoms with Crippen molar-refractivity contribution >= 4 is 5.84 Å². The van der Waals surface area contributed by atoms with Gasteiger partial charge in [-0.25, -0.2) is 0 Å². The number of likely N-dealkylation sites (tertiary alicyclic amines) is 1. The molecule has 0 bridgehead atoms. The molecular weight excluding hydrogens is 162 g/mol. The molecule has 0 aromatic carbocycles. The molecule has 0 saturated carbocycles. The van der Waals surface area contributed by atoms with Crippen molar-refractivity contribution in [2.24, 2.45) is 16.9 Å². The number of hydrogen-bond acceptors (Lipinski definition) is 2. The van der Waals surface area contributed by atoms with Crippen LogP contribution >= 0.6 is 0 Å². The Hall–Kier alpha value is -0.990. The molecule has 3 heteroatoms. The van der Waals surface area contributed by atoms with Crippen molar-refractivity contribution in [1.29, 1.82) is 0 Å². The average molecular weight is 181 g/mol. The molecule has 0 aromatic heterocycles. The van der Waals surface area contributed by atoms with Gasteiger partial charge in [-0.3, -0.25) is 0 Å². The van der Waals surface area contributed by atoms with E-state index in [1.807, 2.05) is 0 Å². The van der Waals surface area contributed by atoms with Crippen LogP contribution in [0.5, 0.6) is 0 Å². The van der Waals surface area contributed by atoms with Crippen LogP contribution < -0.4 is 5.84 Å². The first kappa shape index (κ1) is 10.1. The first-order valence-corrected chi connectivity index (χ1v) is 4.91. The van der Waals surface area contributed by atoms with Gasteiger partial charge in [0.2, 0.25) is 0 Å². The molecular formula is C10H19N3. The van der Waals surface area contributed by atoms with Crippen LogP contribution in [-0.4, -0.2) is 17.3 Å². The molecule has 1 saturated heterocycles. The van der Waals surface area contributed by atoms with Gasteiger partial charge in [0.25, 0.3) is 0 Å². The summed E-state index contributed by atoms with van der Waals surface area (Å²) in [5, 5.41) is 3.87. The maximum atomic E-state index is 5.39. The van der Waals surface area contributed by atoms with Crippen molar-refractivity contribution in [2.45, 2.75) is 33.6 Å². The molecule has 1 aliphatic heterocycles. The number of amidine groups is 1. The van der Waals surface area contributed by atoms with E-state index >= 15 is 0 Å². The summed E-state index contributed by atoms with van der Waals surface area (Å²) in [6.45, 7) is 7.38. The third-order valence-electron chi connectivity index (χ3n) is 2.42. The first-order valence-electron chi connectivity index (χ1n) is 4.91. The fourth-order valence-electron chi connectivity index (χ4n) is 1.79. The number of nitrogens with zero attached hydrogens (tertiary/aromatic N) is 2. The summed E-state index contributed by atoms with van der Waals surface area (Å²) >= 11 is 0. The molecule has 0 unspecified atom stereocenters. The Morgan fingerprint density at radius 3 is 2.77 bits per heavy atom. The lowest BCUT2D eigenvalue weighted by atomic mass is 10.2. The second kappa shape index (κ2) is 4.30. The smallest absolute Gasteiger partial charge is 0.131 e. The lowest BCUT2D eigenvalue weighted by molar-refractivity contribution is 0.544. The number of hydrazone groups is 1. The van der Waals surface area contributed by atoms with Crippen LogP contribution in [0.3, 0.4) is 0 Å². The van der Waals surface area contributed by atoms with Gasteiger partial charge in [0.05, 0.1) is 0 Å². The highest BCUT2D eigenvalue weighted by Gasteiger charge is 2.22. The summed E-state index contributed by atoms with van der Waals surface area (Å²) in [5.41, 5.74) is 1.36. The van der Waals surface area contributed by atoms with Crippen molar-refractivity contribution in [2.75, 3.05) is 6.54 Å². The Balaban J connectivity index is 2.81. The summed E-state index contributed by atoms with van der Waals surface area (Å²) in [6.07, 6.45) is 4.52. The summed E-state index contributed by atoms with van der Waals surface area (Å²) in [4.78, 5) is 2.24. The topological polar surface area (TPSA) is 41.6 Å². The highest BCUT2D eigenvalue weighted by molar-refractivity contribution is 5.85. The monoisotopic (exact) mass is 181 g/mol. The van der Waals surface area contributed by atoms with Crippen LogP contribution in [0.15, 0.2) is 16.9 Å². The zero-order valence-electron chi connectivity index (χ0n) is 8.75. The highest BCUT2D eigenvalue weighted by atomic mass is 15.3. The molecule has 3 nitrogen and oxygen atoms in total. The van der Waals surface area contributed by atoms with Gasteiger partial charge in [0, 0.05) is 18.2 Å². The fourth-order valence-corrected chi connectivity index (χ4v) is 1.79. The van der Waals surface area contributed by atoms with Crippen molar-refractivity contribution in [3.05, 3.63) is 11.8 Å². The van der Waals surface area contributed by atoms with E-state index in [4.69, 9.17) is 5.84 Å². The fraction of sp³-hybridized carbons (Fsp3) is 0.700. The lowest BCUT2D eigenvalue weighted by Gasteiger charge is -2.23. The van der Waals surface area contributed by atoms with Gasteiger partial charge in [0.15, 0.2) is 0 Å². The van der Waals surface area contributed by atoms with Crippen molar-refractivity contribution in [1.82, 2.24) is 4.90 Å². The quantitative estimate of drug-likeness (QED) is 0.290. The molecule has 0 radical (unpaired) electrons. The second-order valence-electron chi connectivity index (χ2n) is 3.68. The standard InChI is InChI=1S/C10H19N3/c1-4-9-6-5-7-13(9)10(12-11)8(2)3/h4,8H,5-7,11H2,1-3H3/b9-4-,12-10-. The molecule has 74 valence electrons. The highest BCUT2D eigenvalue weighted by Crippen LogP contribution is 2.23. The number of hydrogen-bond donors (Lipinski definition) is 1. The van der Waals surface area contributed by atoms with Crippen molar-refractivity contribution in [3.63, 3.8) is 0 Å². The van der Waals surface area contributed by atoms with Crippen molar-refractivity contribution < 1.29 is 0 Å². The second-order valence-corrected chi connectivity index (χ2v) is 3.68. The minimum absolute atomic E-state index is 0.401. The van der Waals surface area contributed by atoms with Gasteiger partial charge >= 0.3 is 0 Å². The molecule has 1 aliphatic rings. The van der Waals surface area contributed by atoms with E-state index < -0.39 is 0 Å². The van der Waals surface area contributed by atoms with Gasteiger partial charge in [-0.05, 0) is 19.8 Å². The van der Waals surface area contributed by atoms with E-state index in [1.54, 1.807) is 0 Å². The molecule has 0 atom stereocenters. The van der Waals surface area contributed by atoms with E-state index in [1.165, 1.54) is 12.1 Å². The Morgan fingerprint density at radius 2 is 2.31 bits per heavy atom. The van der Waals surface area contributed by atoms with Gasteiger partial charge in [-0.2, -0.15) is 5.10 Å². The summed E-state index contributed by atoms with van der Waals surface area (Å²) in [6, 6.07) is 0. The Labute approximate surface area is 80.3 Å². The zero-order valence-corrected chi connectivity index (χ0v) is 8.75. The molecule has 1 heterocycles. The SMILES string of the molecule is C/C=C1/CCCN1/C(=N\N)C(C)C. The maximum Gasteiger partial charge on any atom is 0.131 e. The molecule has 0 spiro atoms. The van der Waals surface area contributed by atoms with Crippen molar-refractivity contribution in [3.8, 4) is 0 Å². The molecule has 2 N–H and O–H groups in total. The predicted octanol–water partition coefficient (Wildman–Crippen LogP) is 1.91. The van der Waals surface area contributed by atoms with E-state index in [-0.39, 0.29) is 0 Å². The third-order valence-corrected chi connectivity index (χ3v) is 2.42. The molecule has 0 aromatic rings. The Morgan fingerprint density at radius 1 is 1.62 bits per heavy atom. The number of rotatable bonds is 1. The molecule has 0 aliphatic carbocycles. The first-order chi connectivity index (χ1) is 6.20. The van der Waals surface area contributed by atoms with Crippen LogP contribution in [-0.2, 0) is 0 Å². The molecule has 0 amide bonds. The van der Waals surface area contributed by atoms with E-state index in [2.05, 4.69) is 36.8 Å². The lowest BCUT2D eigenvalue weighted by Crippen LogP contribution is -2.31. The van der Waals surface area contributed by atoms with Gasteiger partial charge in [-0.1, -0.05) is 19.9 Å². The third kappa shape index (κ3) is 2.02. The minimum Gasteiger partial charge on any atom is -0.332 e. The number of allylic oxidation sites excluding steroid dienone is 2. The summed E-state index contributed by atoms with van der Waals surface area (Å²) < 4.78 is 0. The van der Waals surface area contributed by atoms with Crippen LogP contribution in [0.2, 0.25) is 0 Å². The molecule has 13 heavy (non-hydrogen) atoms. The van der Waals surface area contributed by atoms with Crippen LogP contribution in [0.25, 0.3) is 0 Å². The summed E-state index contributed by atoms with van der Waals surface area (Å²) in [7, 11) is 0. The molecule has 1 rings (SSSR count). The van der Waals surface area contributed by atoms with E-state index in [0.29, 0.717) is 5.92 Å². The number of nitrogens with two attached hydrogens (primary N) is 1. The average Bonchev–Trinajstić information content (AvgIpc) is 2.53. The van der Waals surface area contributed by atoms with Crippen LogP contribution in [0.4, 0.5) is 0 Å². The zero-order chi connectivity index (χ0) is 9.84. The maximum absolute atomic E-state index is 5.39. The van der Waals surface area contributed by atoms with Crippen LogP contribution in [0.1, 0.15) is 33.6 Å². The Bertz CT molecular complexity index is 228. The van der Waals surface area contributed by atoms with Gasteiger partial charge < -0.3 is 10.7 Å². The Kier molecular flexibility index (Phi) is 3.34. The normalized spacial score (nSPS) is 22.0. The van der Waals surface area contributed by atoms with Gasteiger partial charge in [0.1, 0.15) is 5.84 Å². The van der Waals surface area contributed by atoms with E-state index in [9.17, 15) is 0 Å². The predicted molar refractivity (Wildman–Crippen MR) is 56.2 cm³/mol. The minimum atomic E-state index is 0.401. The molecule has 1 fully saturated rings.